The molecule has 1 rings (SSSR count). The Morgan fingerprint density at radius 2 is 1.72 bits per heavy atom. The van der Waals surface area contributed by atoms with Crippen molar-refractivity contribution in [3.05, 3.63) is 21.3 Å². The summed E-state index contributed by atoms with van der Waals surface area (Å²) in [5, 5.41) is 5.39. The maximum Gasteiger partial charge on any atom is 0.408 e. The molecule has 0 aliphatic carbocycles. The summed E-state index contributed by atoms with van der Waals surface area (Å²) in [4.78, 5) is 23.7. The second-order valence-electron chi connectivity index (χ2n) is 7.79. The van der Waals surface area contributed by atoms with E-state index < -0.39 is 17.5 Å². The number of carbonyl (C=O) groups excluding carboxylic acids is 2. The predicted molar refractivity (Wildman–Crippen MR) is 107 cm³/mol. The Labute approximate surface area is 163 Å². The summed E-state index contributed by atoms with van der Waals surface area (Å²) in [6.45, 7) is 11.4. The van der Waals surface area contributed by atoms with E-state index in [9.17, 15) is 9.59 Å². The molecule has 0 aliphatic rings. The van der Waals surface area contributed by atoms with Crippen molar-refractivity contribution < 1.29 is 19.1 Å². The second-order valence-corrected chi connectivity index (χ2v) is 8.95. The van der Waals surface area contributed by atoms with Crippen molar-refractivity contribution in [3.8, 4) is 5.75 Å². The molecule has 0 radical (unpaired) electrons. The summed E-state index contributed by atoms with van der Waals surface area (Å²) in [5.74, 6) is 0.400. The van der Waals surface area contributed by atoms with E-state index in [0.29, 0.717) is 5.69 Å². The van der Waals surface area contributed by atoms with Gasteiger partial charge < -0.3 is 20.1 Å². The van der Waals surface area contributed by atoms with Crippen molar-refractivity contribution >= 4 is 40.3 Å². The molecule has 0 unspecified atom stereocenters. The van der Waals surface area contributed by atoms with Crippen molar-refractivity contribution in [1.82, 2.24) is 5.32 Å². The highest BCUT2D eigenvalue weighted by atomic mass is 127. The molecule has 1 aromatic rings. The summed E-state index contributed by atoms with van der Waals surface area (Å²) in [6, 6.07) is 3.70. The van der Waals surface area contributed by atoms with Crippen LogP contribution in [0.4, 0.5) is 10.5 Å². The van der Waals surface area contributed by atoms with Gasteiger partial charge in [-0.2, -0.15) is 0 Å². The molecule has 140 valence electrons. The van der Waals surface area contributed by atoms with E-state index in [2.05, 4.69) is 54.0 Å². The Bertz CT molecular complexity index is 646. The average molecular weight is 462 g/mol. The van der Waals surface area contributed by atoms with Crippen molar-refractivity contribution in [2.75, 3.05) is 19.0 Å². The van der Waals surface area contributed by atoms with E-state index in [4.69, 9.17) is 9.47 Å². The van der Waals surface area contributed by atoms with Crippen molar-refractivity contribution in [2.24, 2.45) is 0 Å². The minimum atomic E-state index is -0.623. The van der Waals surface area contributed by atoms with Crippen LogP contribution in [-0.2, 0) is 14.9 Å². The molecular formula is C18H27IN2O4. The lowest BCUT2D eigenvalue weighted by Crippen LogP contribution is -2.41. The minimum absolute atomic E-state index is 0.144. The summed E-state index contributed by atoms with van der Waals surface area (Å²) in [6.07, 6.45) is -0.623. The van der Waals surface area contributed by atoms with E-state index in [0.717, 1.165) is 14.9 Å². The fourth-order valence-corrected chi connectivity index (χ4v) is 2.95. The van der Waals surface area contributed by atoms with Crippen molar-refractivity contribution in [2.45, 2.75) is 52.5 Å². The Hall–Kier alpha value is -1.51. The van der Waals surface area contributed by atoms with Crippen LogP contribution in [0.2, 0.25) is 0 Å². The highest BCUT2D eigenvalue weighted by Gasteiger charge is 2.22. The van der Waals surface area contributed by atoms with Gasteiger partial charge in [-0.05, 0) is 60.9 Å². The molecule has 25 heavy (non-hydrogen) atoms. The molecule has 0 saturated carbocycles. The van der Waals surface area contributed by atoms with E-state index in [1.54, 1.807) is 7.11 Å². The summed E-state index contributed by atoms with van der Waals surface area (Å²) in [7, 11) is 1.63. The number of alkyl carbamates (subject to hydrolysis) is 1. The third-order valence-electron chi connectivity index (χ3n) is 3.15. The zero-order valence-electron chi connectivity index (χ0n) is 15.9. The summed E-state index contributed by atoms with van der Waals surface area (Å²) in [5.41, 5.74) is 1.07. The van der Waals surface area contributed by atoms with Crippen LogP contribution in [-0.4, -0.2) is 31.3 Å². The maximum absolute atomic E-state index is 12.1. The Morgan fingerprint density at radius 3 is 2.20 bits per heavy atom. The number of hydrogen-bond donors (Lipinski definition) is 2. The Kier molecular flexibility index (Phi) is 7.10. The van der Waals surface area contributed by atoms with Gasteiger partial charge in [0.15, 0.2) is 6.61 Å². The van der Waals surface area contributed by atoms with Gasteiger partial charge in [-0.25, -0.2) is 4.79 Å². The van der Waals surface area contributed by atoms with Gasteiger partial charge in [-0.3, -0.25) is 4.79 Å². The first-order valence-corrected chi connectivity index (χ1v) is 9.04. The van der Waals surface area contributed by atoms with Crippen molar-refractivity contribution in [3.63, 3.8) is 0 Å². The third kappa shape index (κ3) is 7.09. The molecule has 0 aliphatic heterocycles. The van der Waals surface area contributed by atoms with Crippen LogP contribution in [0.1, 0.15) is 47.1 Å². The first-order chi connectivity index (χ1) is 11.3. The number of benzene rings is 1. The third-order valence-corrected chi connectivity index (χ3v) is 3.95. The summed E-state index contributed by atoms with van der Waals surface area (Å²) < 4.78 is 11.3. The van der Waals surface area contributed by atoms with E-state index in [1.807, 2.05) is 32.9 Å². The topological polar surface area (TPSA) is 76.7 Å². The largest absolute Gasteiger partial charge is 0.495 e. The molecule has 0 aromatic heterocycles. The van der Waals surface area contributed by atoms with Gasteiger partial charge in [-0.1, -0.05) is 20.8 Å². The monoisotopic (exact) mass is 462 g/mol. The molecular weight excluding hydrogens is 435 g/mol. The normalized spacial score (nSPS) is 11.7. The number of carbonyl (C=O) groups is 2. The standard InChI is InChI=1S/C18H27IN2O4/c1-17(2,3)12-8-11(9-13(19)15(12)24-7)20-14(22)10-25-16(23)21-18(4,5)6/h8-9H,10H2,1-7H3,(H,20,22)(H,21,23). The zero-order valence-corrected chi connectivity index (χ0v) is 18.0. The lowest BCUT2D eigenvalue weighted by Gasteiger charge is -2.24. The van der Waals surface area contributed by atoms with Gasteiger partial charge in [0, 0.05) is 16.8 Å². The van der Waals surface area contributed by atoms with Gasteiger partial charge in [-0.15, -0.1) is 0 Å². The maximum atomic E-state index is 12.1. The predicted octanol–water partition coefficient (Wildman–Crippen LogP) is 4.06. The number of ether oxygens (including phenoxy) is 2. The number of anilines is 1. The zero-order chi connectivity index (χ0) is 19.4. The van der Waals surface area contributed by atoms with Crippen LogP contribution in [0, 0.1) is 3.57 Å². The minimum Gasteiger partial charge on any atom is -0.495 e. The molecule has 6 nitrogen and oxygen atoms in total. The van der Waals surface area contributed by atoms with Gasteiger partial charge in [0.05, 0.1) is 10.7 Å². The number of methoxy groups -OCH3 is 1. The van der Waals surface area contributed by atoms with E-state index in [-0.39, 0.29) is 12.0 Å². The van der Waals surface area contributed by atoms with Crippen LogP contribution in [0.5, 0.6) is 5.75 Å². The highest BCUT2D eigenvalue weighted by molar-refractivity contribution is 14.1. The Balaban J connectivity index is 2.81. The van der Waals surface area contributed by atoms with Gasteiger partial charge in [0.1, 0.15) is 5.75 Å². The SMILES string of the molecule is COc1c(I)cc(NC(=O)COC(=O)NC(C)(C)C)cc1C(C)(C)C. The molecule has 2 N–H and O–H groups in total. The molecule has 1 aromatic carbocycles. The molecule has 7 heteroatoms. The fourth-order valence-electron chi connectivity index (χ4n) is 2.10. The van der Waals surface area contributed by atoms with Crippen LogP contribution in [0.3, 0.4) is 0 Å². The number of halogens is 1. The molecule has 0 heterocycles. The number of nitrogens with one attached hydrogen (secondary N) is 2. The molecule has 0 saturated heterocycles. The van der Waals surface area contributed by atoms with Crippen LogP contribution < -0.4 is 15.4 Å². The number of amides is 2. The van der Waals surface area contributed by atoms with E-state index in [1.165, 1.54) is 0 Å². The fraction of sp³-hybridized carbons (Fsp3) is 0.556. The Morgan fingerprint density at radius 1 is 1.12 bits per heavy atom. The van der Waals surface area contributed by atoms with Gasteiger partial charge in [0.25, 0.3) is 5.91 Å². The molecule has 2 amide bonds. The second kappa shape index (κ2) is 8.25. The smallest absolute Gasteiger partial charge is 0.408 e. The van der Waals surface area contributed by atoms with Crippen LogP contribution >= 0.6 is 22.6 Å². The van der Waals surface area contributed by atoms with Crippen LogP contribution in [0.25, 0.3) is 0 Å². The quantitative estimate of drug-likeness (QED) is 0.662. The highest BCUT2D eigenvalue weighted by Crippen LogP contribution is 2.37. The molecule has 0 fully saturated rings. The number of hydrogen-bond acceptors (Lipinski definition) is 4. The molecule has 0 spiro atoms. The lowest BCUT2D eigenvalue weighted by atomic mass is 9.86. The average Bonchev–Trinajstić information content (AvgIpc) is 2.41. The first-order valence-electron chi connectivity index (χ1n) is 7.96. The first kappa shape index (κ1) is 21.5. The molecule has 0 atom stereocenters. The van der Waals surface area contributed by atoms with Gasteiger partial charge >= 0.3 is 6.09 Å². The number of rotatable bonds is 4. The van der Waals surface area contributed by atoms with Crippen molar-refractivity contribution in [1.29, 1.82) is 0 Å². The van der Waals surface area contributed by atoms with Crippen LogP contribution in [0.15, 0.2) is 12.1 Å². The lowest BCUT2D eigenvalue weighted by molar-refractivity contribution is -0.119. The summed E-state index contributed by atoms with van der Waals surface area (Å²) >= 11 is 2.17. The van der Waals surface area contributed by atoms with Gasteiger partial charge in [0.2, 0.25) is 0 Å². The van der Waals surface area contributed by atoms with E-state index >= 15 is 0 Å². The molecule has 0 bridgehead atoms.